The van der Waals surface area contributed by atoms with Crippen molar-refractivity contribution in [3.8, 4) is 5.75 Å². The lowest BCUT2D eigenvalue weighted by molar-refractivity contribution is -0.126. The highest BCUT2D eigenvalue weighted by molar-refractivity contribution is 7.89. The van der Waals surface area contributed by atoms with E-state index in [9.17, 15) is 13.2 Å². The fourth-order valence-corrected chi connectivity index (χ4v) is 4.59. The molecule has 1 fully saturated rings. The normalized spacial score (nSPS) is 16.8. The largest absolute Gasteiger partial charge is 0.497 e. The van der Waals surface area contributed by atoms with Gasteiger partial charge in [-0.3, -0.25) is 4.79 Å². The first kappa shape index (κ1) is 19.7. The minimum absolute atomic E-state index is 0.0426. The lowest BCUT2D eigenvalue weighted by Gasteiger charge is -2.32. The standard InChI is InChI=1S/C18H28N2O4S/c1-4-14(5-2)18(21)19-15-10-12-20(13-11-15)25(22,23)17-8-6-16(24-3)7-9-17/h6-9,14-15H,4-5,10-13H2,1-3H3,(H,19,21). The van der Waals surface area contributed by atoms with Crippen molar-refractivity contribution in [3.63, 3.8) is 0 Å². The summed E-state index contributed by atoms with van der Waals surface area (Å²) < 4.78 is 32.0. The fraction of sp³-hybridized carbons (Fsp3) is 0.611. The molecule has 1 saturated heterocycles. The maximum Gasteiger partial charge on any atom is 0.243 e. The Labute approximate surface area is 150 Å². The second kappa shape index (κ2) is 8.67. The van der Waals surface area contributed by atoms with E-state index < -0.39 is 10.0 Å². The fourth-order valence-electron chi connectivity index (χ4n) is 3.12. The van der Waals surface area contributed by atoms with Crippen LogP contribution in [0.15, 0.2) is 29.2 Å². The van der Waals surface area contributed by atoms with Crippen molar-refractivity contribution >= 4 is 15.9 Å². The van der Waals surface area contributed by atoms with Gasteiger partial charge >= 0.3 is 0 Å². The molecule has 1 aliphatic heterocycles. The number of hydrogen-bond acceptors (Lipinski definition) is 4. The summed E-state index contributed by atoms with van der Waals surface area (Å²) in [7, 11) is -1.95. The molecule has 1 N–H and O–H groups in total. The number of piperidine rings is 1. The Morgan fingerprint density at radius 1 is 1.20 bits per heavy atom. The van der Waals surface area contributed by atoms with Gasteiger partial charge in [-0.05, 0) is 49.9 Å². The number of carbonyl (C=O) groups is 1. The molecule has 0 bridgehead atoms. The van der Waals surface area contributed by atoms with Gasteiger partial charge in [0.1, 0.15) is 5.75 Å². The first-order valence-electron chi connectivity index (χ1n) is 8.86. The molecule has 0 saturated carbocycles. The zero-order chi connectivity index (χ0) is 18.4. The van der Waals surface area contributed by atoms with Crippen LogP contribution in [0.3, 0.4) is 0 Å². The lowest BCUT2D eigenvalue weighted by Crippen LogP contribution is -2.47. The van der Waals surface area contributed by atoms with Gasteiger partial charge < -0.3 is 10.1 Å². The molecule has 1 amide bonds. The molecule has 0 atom stereocenters. The molecule has 0 aromatic heterocycles. The first-order valence-corrected chi connectivity index (χ1v) is 10.3. The van der Waals surface area contributed by atoms with Gasteiger partial charge in [-0.25, -0.2) is 8.42 Å². The predicted octanol–water partition coefficient (Wildman–Crippen LogP) is 2.40. The van der Waals surface area contributed by atoms with Crippen LogP contribution in [0.25, 0.3) is 0 Å². The number of methoxy groups -OCH3 is 1. The van der Waals surface area contributed by atoms with Crippen molar-refractivity contribution in [1.82, 2.24) is 9.62 Å². The monoisotopic (exact) mass is 368 g/mol. The topological polar surface area (TPSA) is 75.7 Å². The number of carbonyl (C=O) groups excluding carboxylic acids is 1. The van der Waals surface area contributed by atoms with Gasteiger partial charge in [0.15, 0.2) is 0 Å². The van der Waals surface area contributed by atoms with Crippen LogP contribution in [-0.2, 0) is 14.8 Å². The molecule has 1 aromatic rings. The van der Waals surface area contributed by atoms with E-state index >= 15 is 0 Å². The molecule has 0 spiro atoms. The van der Waals surface area contributed by atoms with E-state index in [0.29, 0.717) is 31.7 Å². The number of amides is 1. The molecule has 1 aliphatic rings. The average Bonchev–Trinajstić information content (AvgIpc) is 2.63. The van der Waals surface area contributed by atoms with E-state index in [0.717, 1.165) is 12.8 Å². The number of hydrogen-bond donors (Lipinski definition) is 1. The molecule has 140 valence electrons. The minimum atomic E-state index is -3.50. The van der Waals surface area contributed by atoms with Gasteiger partial charge in [0.2, 0.25) is 15.9 Å². The highest BCUT2D eigenvalue weighted by Gasteiger charge is 2.30. The summed E-state index contributed by atoms with van der Waals surface area (Å²) in [6.07, 6.45) is 2.93. The zero-order valence-corrected chi connectivity index (χ0v) is 16.0. The number of benzene rings is 1. The second-order valence-electron chi connectivity index (χ2n) is 6.38. The van der Waals surface area contributed by atoms with Gasteiger partial charge in [-0.15, -0.1) is 0 Å². The summed E-state index contributed by atoms with van der Waals surface area (Å²) in [4.78, 5) is 12.5. The van der Waals surface area contributed by atoms with Crippen molar-refractivity contribution in [2.24, 2.45) is 5.92 Å². The molecule has 0 radical (unpaired) electrons. The molecule has 1 heterocycles. The Balaban J connectivity index is 1.95. The Hall–Kier alpha value is -1.60. The summed E-state index contributed by atoms with van der Waals surface area (Å²) in [5.41, 5.74) is 0. The number of ether oxygens (including phenoxy) is 1. The number of nitrogens with zero attached hydrogens (tertiary/aromatic N) is 1. The number of sulfonamides is 1. The van der Waals surface area contributed by atoms with Crippen LogP contribution in [0.4, 0.5) is 0 Å². The summed E-state index contributed by atoms with van der Waals surface area (Å²) in [6, 6.07) is 6.48. The number of rotatable bonds is 7. The summed E-state index contributed by atoms with van der Waals surface area (Å²) in [5, 5.41) is 3.07. The Morgan fingerprint density at radius 3 is 2.24 bits per heavy atom. The molecule has 1 aromatic carbocycles. The van der Waals surface area contributed by atoms with Gasteiger partial charge in [0.25, 0.3) is 0 Å². The summed E-state index contributed by atoms with van der Waals surface area (Å²) >= 11 is 0. The van der Waals surface area contributed by atoms with E-state index in [4.69, 9.17) is 4.74 Å². The van der Waals surface area contributed by atoms with Crippen LogP contribution in [0.2, 0.25) is 0 Å². The predicted molar refractivity (Wildman–Crippen MR) is 97.0 cm³/mol. The van der Waals surface area contributed by atoms with Crippen molar-refractivity contribution in [3.05, 3.63) is 24.3 Å². The molecule has 0 unspecified atom stereocenters. The zero-order valence-electron chi connectivity index (χ0n) is 15.2. The lowest BCUT2D eigenvalue weighted by atomic mass is 10.0. The Morgan fingerprint density at radius 2 is 1.76 bits per heavy atom. The molecular weight excluding hydrogens is 340 g/mol. The van der Waals surface area contributed by atoms with Crippen molar-refractivity contribution in [1.29, 1.82) is 0 Å². The Bertz CT molecular complexity index is 661. The van der Waals surface area contributed by atoms with Gasteiger partial charge in [0, 0.05) is 25.0 Å². The molecule has 7 heteroatoms. The number of nitrogens with one attached hydrogen (secondary N) is 1. The molecular formula is C18H28N2O4S. The summed E-state index contributed by atoms with van der Waals surface area (Å²) in [5.74, 6) is 0.754. The maximum absolute atomic E-state index is 12.7. The quantitative estimate of drug-likeness (QED) is 0.802. The van der Waals surface area contributed by atoms with Crippen molar-refractivity contribution in [2.45, 2.75) is 50.5 Å². The third-order valence-electron chi connectivity index (χ3n) is 4.85. The minimum Gasteiger partial charge on any atom is -0.497 e. The summed E-state index contributed by atoms with van der Waals surface area (Å²) in [6.45, 7) is 4.86. The van der Waals surface area contributed by atoms with E-state index in [2.05, 4.69) is 5.32 Å². The molecule has 25 heavy (non-hydrogen) atoms. The maximum atomic E-state index is 12.7. The van der Waals surface area contributed by atoms with Gasteiger partial charge in [-0.1, -0.05) is 13.8 Å². The third kappa shape index (κ3) is 4.73. The molecule has 6 nitrogen and oxygen atoms in total. The van der Waals surface area contributed by atoms with E-state index in [-0.39, 0.29) is 22.8 Å². The van der Waals surface area contributed by atoms with Crippen LogP contribution < -0.4 is 10.1 Å². The van der Waals surface area contributed by atoms with Crippen LogP contribution in [0.5, 0.6) is 5.75 Å². The van der Waals surface area contributed by atoms with Crippen molar-refractivity contribution in [2.75, 3.05) is 20.2 Å². The molecule has 0 aliphatic carbocycles. The van der Waals surface area contributed by atoms with Crippen LogP contribution in [0, 0.1) is 5.92 Å². The Kier molecular flexibility index (Phi) is 6.84. The van der Waals surface area contributed by atoms with Gasteiger partial charge in [-0.2, -0.15) is 4.31 Å². The second-order valence-corrected chi connectivity index (χ2v) is 8.31. The van der Waals surface area contributed by atoms with Crippen LogP contribution >= 0.6 is 0 Å². The first-order chi connectivity index (χ1) is 11.9. The van der Waals surface area contributed by atoms with Crippen LogP contribution in [-0.4, -0.2) is 44.9 Å². The third-order valence-corrected chi connectivity index (χ3v) is 6.77. The average molecular weight is 368 g/mol. The SMILES string of the molecule is CCC(CC)C(=O)NC1CCN(S(=O)(=O)c2ccc(OC)cc2)CC1. The highest BCUT2D eigenvalue weighted by Crippen LogP contribution is 2.23. The van der Waals surface area contributed by atoms with E-state index in [1.807, 2.05) is 13.8 Å². The van der Waals surface area contributed by atoms with E-state index in [1.54, 1.807) is 31.4 Å². The van der Waals surface area contributed by atoms with Crippen LogP contribution in [0.1, 0.15) is 39.5 Å². The van der Waals surface area contributed by atoms with Gasteiger partial charge in [0.05, 0.1) is 12.0 Å². The molecule has 2 rings (SSSR count). The van der Waals surface area contributed by atoms with Crippen molar-refractivity contribution < 1.29 is 17.9 Å². The smallest absolute Gasteiger partial charge is 0.243 e. The highest BCUT2D eigenvalue weighted by atomic mass is 32.2. The van der Waals surface area contributed by atoms with E-state index in [1.165, 1.54) is 4.31 Å².